The molecule has 0 radical (unpaired) electrons. The molecule has 2 aliphatic heterocycles. The fraction of sp³-hybridized carbons (Fsp3) is 0.733. The van der Waals surface area contributed by atoms with Crippen LogP contribution < -0.4 is 15.8 Å². The van der Waals surface area contributed by atoms with Crippen LogP contribution in [0.2, 0.25) is 0 Å². The van der Waals surface area contributed by atoms with Gasteiger partial charge in [-0.15, -0.1) is 0 Å². The molecule has 0 saturated carbocycles. The van der Waals surface area contributed by atoms with Gasteiger partial charge in [0.2, 0.25) is 0 Å². The van der Waals surface area contributed by atoms with E-state index in [0.717, 1.165) is 24.5 Å². The lowest BCUT2D eigenvalue weighted by atomic mass is 9.98. The summed E-state index contributed by atoms with van der Waals surface area (Å²) in [7, 11) is 2.07. The molecule has 2 atom stereocenters. The van der Waals surface area contributed by atoms with Gasteiger partial charge in [0.25, 0.3) is 5.56 Å². The van der Waals surface area contributed by atoms with E-state index in [0.29, 0.717) is 18.1 Å². The number of anilines is 1. The molecule has 2 aliphatic rings. The molecule has 5 nitrogen and oxygen atoms in total. The maximum atomic E-state index is 11.8. The first-order valence-electron chi connectivity index (χ1n) is 7.63. The normalized spacial score (nSPS) is 28.9. The summed E-state index contributed by atoms with van der Waals surface area (Å²) in [4.78, 5) is 21.5. The molecule has 2 saturated heterocycles. The van der Waals surface area contributed by atoms with Crippen LogP contribution in [0.1, 0.15) is 51.3 Å². The van der Waals surface area contributed by atoms with Crippen LogP contribution in [0.3, 0.4) is 0 Å². The van der Waals surface area contributed by atoms with E-state index in [4.69, 9.17) is 0 Å². The zero-order chi connectivity index (χ0) is 14.3. The molecular weight excluding hydrogens is 252 g/mol. The topological polar surface area (TPSA) is 61.0 Å². The summed E-state index contributed by atoms with van der Waals surface area (Å²) in [6.45, 7) is 4.10. The van der Waals surface area contributed by atoms with Gasteiger partial charge in [-0.2, -0.15) is 0 Å². The Kier molecular flexibility index (Phi) is 3.54. The van der Waals surface area contributed by atoms with Gasteiger partial charge in [-0.05, 0) is 25.7 Å². The molecule has 2 unspecified atom stereocenters. The third kappa shape index (κ3) is 2.59. The van der Waals surface area contributed by atoms with Gasteiger partial charge in [-0.1, -0.05) is 13.8 Å². The van der Waals surface area contributed by atoms with E-state index in [2.05, 4.69) is 27.2 Å². The fourth-order valence-electron chi connectivity index (χ4n) is 3.45. The standard InChI is InChI=1S/C15H24N4O/c1-9(2)15-17-13(8-14(20)18-15)19(3)12-6-10-4-5-11(7-12)16-10/h8-12,16H,4-7H2,1-3H3,(H,17,18,20). The summed E-state index contributed by atoms with van der Waals surface area (Å²) in [5.74, 6) is 1.82. The van der Waals surface area contributed by atoms with Gasteiger partial charge < -0.3 is 15.2 Å². The van der Waals surface area contributed by atoms with Gasteiger partial charge >= 0.3 is 0 Å². The number of rotatable bonds is 3. The third-order valence-electron chi connectivity index (χ3n) is 4.65. The molecule has 1 aromatic heterocycles. The second-order valence-corrected chi connectivity index (χ2v) is 6.52. The molecule has 0 amide bonds. The predicted molar refractivity (Wildman–Crippen MR) is 80.3 cm³/mol. The lowest BCUT2D eigenvalue weighted by Gasteiger charge is -2.36. The Balaban J connectivity index is 1.83. The fourth-order valence-corrected chi connectivity index (χ4v) is 3.45. The molecule has 3 heterocycles. The minimum Gasteiger partial charge on any atom is -0.356 e. The summed E-state index contributed by atoms with van der Waals surface area (Å²) in [6.07, 6.45) is 4.88. The zero-order valence-electron chi connectivity index (χ0n) is 12.5. The number of aromatic nitrogens is 2. The number of H-pyrrole nitrogens is 1. The molecule has 110 valence electrons. The Morgan fingerprint density at radius 2 is 1.95 bits per heavy atom. The van der Waals surface area contributed by atoms with Crippen molar-refractivity contribution in [2.24, 2.45) is 0 Å². The number of fused-ring (bicyclic) bond motifs is 2. The van der Waals surface area contributed by atoms with E-state index in [1.54, 1.807) is 6.07 Å². The van der Waals surface area contributed by atoms with Crippen molar-refractivity contribution in [3.8, 4) is 0 Å². The number of hydrogen-bond donors (Lipinski definition) is 2. The quantitative estimate of drug-likeness (QED) is 0.880. The van der Waals surface area contributed by atoms with Crippen molar-refractivity contribution in [3.05, 3.63) is 22.2 Å². The second-order valence-electron chi connectivity index (χ2n) is 6.52. The van der Waals surface area contributed by atoms with Crippen LogP contribution in [0, 0.1) is 0 Å². The van der Waals surface area contributed by atoms with Crippen LogP contribution in [0.25, 0.3) is 0 Å². The Bertz CT molecular complexity index is 527. The van der Waals surface area contributed by atoms with Crippen molar-refractivity contribution in [3.63, 3.8) is 0 Å². The smallest absolute Gasteiger partial charge is 0.252 e. The predicted octanol–water partition coefficient (Wildman–Crippen LogP) is 1.61. The van der Waals surface area contributed by atoms with Crippen LogP contribution >= 0.6 is 0 Å². The molecule has 3 rings (SSSR count). The van der Waals surface area contributed by atoms with E-state index in [1.165, 1.54) is 12.8 Å². The van der Waals surface area contributed by atoms with Gasteiger partial charge in [0, 0.05) is 37.2 Å². The minimum absolute atomic E-state index is 0.0533. The first-order chi connectivity index (χ1) is 9.52. The van der Waals surface area contributed by atoms with Crippen molar-refractivity contribution >= 4 is 5.82 Å². The van der Waals surface area contributed by atoms with Crippen LogP contribution in [-0.4, -0.2) is 35.1 Å². The number of nitrogens with one attached hydrogen (secondary N) is 2. The van der Waals surface area contributed by atoms with Crippen molar-refractivity contribution in [2.75, 3.05) is 11.9 Å². The second kappa shape index (κ2) is 5.20. The number of aromatic amines is 1. The van der Waals surface area contributed by atoms with Crippen LogP contribution in [0.4, 0.5) is 5.82 Å². The van der Waals surface area contributed by atoms with Crippen LogP contribution in [0.15, 0.2) is 10.9 Å². The summed E-state index contributed by atoms with van der Waals surface area (Å²) in [6, 6.07) is 3.40. The summed E-state index contributed by atoms with van der Waals surface area (Å²) < 4.78 is 0. The monoisotopic (exact) mass is 276 g/mol. The van der Waals surface area contributed by atoms with Gasteiger partial charge in [0.15, 0.2) is 0 Å². The van der Waals surface area contributed by atoms with Gasteiger partial charge in [-0.3, -0.25) is 4.79 Å². The van der Waals surface area contributed by atoms with E-state index in [9.17, 15) is 4.79 Å². The zero-order valence-corrected chi connectivity index (χ0v) is 12.5. The van der Waals surface area contributed by atoms with Gasteiger partial charge in [-0.25, -0.2) is 4.98 Å². The first kappa shape index (κ1) is 13.6. The molecule has 20 heavy (non-hydrogen) atoms. The van der Waals surface area contributed by atoms with E-state index >= 15 is 0 Å². The summed E-state index contributed by atoms with van der Waals surface area (Å²) >= 11 is 0. The first-order valence-corrected chi connectivity index (χ1v) is 7.63. The lowest BCUT2D eigenvalue weighted by molar-refractivity contribution is 0.353. The van der Waals surface area contributed by atoms with Crippen molar-refractivity contribution < 1.29 is 0 Å². The Hall–Kier alpha value is -1.36. The summed E-state index contributed by atoms with van der Waals surface area (Å²) in [5.41, 5.74) is -0.0533. The average molecular weight is 276 g/mol. The largest absolute Gasteiger partial charge is 0.356 e. The average Bonchev–Trinajstić information content (AvgIpc) is 2.75. The number of nitrogens with zero attached hydrogens (tertiary/aromatic N) is 2. The van der Waals surface area contributed by atoms with Gasteiger partial charge in [0.1, 0.15) is 11.6 Å². The van der Waals surface area contributed by atoms with Gasteiger partial charge in [0.05, 0.1) is 0 Å². The highest BCUT2D eigenvalue weighted by molar-refractivity contribution is 5.38. The van der Waals surface area contributed by atoms with Crippen molar-refractivity contribution in [1.82, 2.24) is 15.3 Å². The molecule has 2 N–H and O–H groups in total. The number of hydrogen-bond acceptors (Lipinski definition) is 4. The van der Waals surface area contributed by atoms with Crippen LogP contribution in [-0.2, 0) is 0 Å². The maximum Gasteiger partial charge on any atom is 0.252 e. The highest BCUT2D eigenvalue weighted by Gasteiger charge is 2.35. The van der Waals surface area contributed by atoms with Crippen molar-refractivity contribution in [1.29, 1.82) is 0 Å². The minimum atomic E-state index is -0.0533. The number of piperidine rings is 1. The van der Waals surface area contributed by atoms with E-state index < -0.39 is 0 Å². The van der Waals surface area contributed by atoms with E-state index in [-0.39, 0.29) is 11.5 Å². The highest BCUT2D eigenvalue weighted by atomic mass is 16.1. The van der Waals surface area contributed by atoms with Crippen LogP contribution in [0.5, 0.6) is 0 Å². The SMILES string of the molecule is CC(C)c1nc(N(C)C2CC3CCC(C2)N3)cc(=O)[nH]1. The van der Waals surface area contributed by atoms with Crippen molar-refractivity contribution in [2.45, 2.75) is 63.6 Å². The Morgan fingerprint density at radius 3 is 2.55 bits per heavy atom. The molecule has 2 fully saturated rings. The third-order valence-corrected chi connectivity index (χ3v) is 4.65. The Morgan fingerprint density at radius 1 is 1.30 bits per heavy atom. The molecule has 0 aliphatic carbocycles. The maximum absolute atomic E-state index is 11.8. The molecule has 1 aromatic rings. The Labute approximate surface area is 119 Å². The lowest BCUT2D eigenvalue weighted by Crippen LogP contribution is -2.47. The summed E-state index contributed by atoms with van der Waals surface area (Å²) in [5, 5.41) is 3.65. The molecule has 0 aromatic carbocycles. The molecule has 5 heteroatoms. The molecular formula is C15H24N4O. The van der Waals surface area contributed by atoms with E-state index in [1.807, 2.05) is 13.8 Å². The highest BCUT2D eigenvalue weighted by Crippen LogP contribution is 2.30. The molecule has 2 bridgehead atoms. The molecule has 0 spiro atoms.